The van der Waals surface area contributed by atoms with Gasteiger partial charge in [0.05, 0.1) is 16.7 Å². The predicted molar refractivity (Wildman–Crippen MR) is 170 cm³/mol. The van der Waals surface area contributed by atoms with Crippen molar-refractivity contribution in [1.82, 2.24) is 16.0 Å². The van der Waals surface area contributed by atoms with Gasteiger partial charge in [-0.25, -0.2) is 14.4 Å². The Morgan fingerprint density at radius 2 is 0.725 bits per heavy atom. The van der Waals surface area contributed by atoms with Crippen LogP contribution >= 0.6 is 0 Å². The van der Waals surface area contributed by atoms with Crippen molar-refractivity contribution in [3.8, 4) is 34.5 Å². The molecule has 18 heteroatoms. The van der Waals surface area contributed by atoms with Gasteiger partial charge >= 0.3 is 17.9 Å². The molecule has 3 unspecified atom stereocenters. The molecule has 1 aliphatic heterocycles. The summed E-state index contributed by atoms with van der Waals surface area (Å²) in [6.45, 7) is 1.64. The second-order valence-electron chi connectivity index (χ2n) is 11.5. The Hall–Kier alpha value is -6.72. The number of esters is 3. The van der Waals surface area contributed by atoms with Gasteiger partial charge in [-0.15, -0.1) is 0 Å². The Kier molecular flexibility index (Phi) is 11.1. The summed E-state index contributed by atoms with van der Waals surface area (Å²) in [6.07, 6.45) is 0. The fourth-order valence-electron chi connectivity index (χ4n) is 4.81. The van der Waals surface area contributed by atoms with E-state index in [1.54, 1.807) is 0 Å². The van der Waals surface area contributed by atoms with Crippen molar-refractivity contribution in [3.05, 3.63) is 69.8 Å². The van der Waals surface area contributed by atoms with Crippen LogP contribution in [0.5, 0.6) is 34.5 Å². The number of nitrogens with one attached hydrogen (secondary N) is 3. The summed E-state index contributed by atoms with van der Waals surface area (Å²) in [4.78, 5) is 78.9. The number of hydrogen-bond donors (Lipinski definition) is 9. The fourth-order valence-corrected chi connectivity index (χ4v) is 4.81. The van der Waals surface area contributed by atoms with E-state index in [0.29, 0.717) is 16.7 Å². The number of carbonyl (C=O) groups excluding carboxylic acids is 6. The van der Waals surface area contributed by atoms with E-state index in [0.717, 1.165) is 18.2 Å². The van der Waals surface area contributed by atoms with Crippen molar-refractivity contribution in [2.45, 2.75) is 38.9 Å². The quantitative estimate of drug-likeness (QED) is 0.0937. The third kappa shape index (κ3) is 8.66. The lowest BCUT2D eigenvalue weighted by molar-refractivity contribution is -0.160. The zero-order valence-corrected chi connectivity index (χ0v) is 27.2. The molecular weight excluding hydrogens is 678 g/mol. The topological polar surface area (TPSA) is 288 Å². The van der Waals surface area contributed by atoms with Crippen LogP contribution in [0.4, 0.5) is 0 Å². The summed E-state index contributed by atoms with van der Waals surface area (Å²) in [5.74, 6) is -11.8. The van der Waals surface area contributed by atoms with Crippen LogP contribution in [0.2, 0.25) is 0 Å². The number of phenolic OH excluding ortho intramolecular Hbond substituents is 6. The molecule has 1 heterocycles. The summed E-state index contributed by atoms with van der Waals surface area (Å²) >= 11 is 0. The van der Waals surface area contributed by atoms with E-state index in [-0.39, 0.29) is 0 Å². The van der Waals surface area contributed by atoms with E-state index in [9.17, 15) is 59.4 Å². The fraction of sp³-hybridized carbons (Fsp3) is 0.273. The molecule has 3 aromatic rings. The van der Waals surface area contributed by atoms with Crippen molar-refractivity contribution in [2.75, 3.05) is 19.8 Å². The number of rotatable bonds is 6. The number of benzene rings is 3. The van der Waals surface area contributed by atoms with Crippen molar-refractivity contribution in [1.29, 1.82) is 0 Å². The molecule has 3 amide bonds. The number of aryl methyl sites for hydroxylation is 3. The van der Waals surface area contributed by atoms with Gasteiger partial charge in [0, 0.05) is 0 Å². The van der Waals surface area contributed by atoms with Crippen molar-refractivity contribution in [2.24, 2.45) is 0 Å². The number of amides is 3. The Balaban J connectivity index is 1.66. The van der Waals surface area contributed by atoms with Crippen LogP contribution in [0.15, 0.2) is 36.4 Å². The number of cyclic esters (lactones) is 3. The van der Waals surface area contributed by atoms with Crippen LogP contribution < -0.4 is 16.0 Å². The average Bonchev–Trinajstić information content (AvgIpc) is 3.06. The smallest absolute Gasteiger partial charge is 0.332 e. The standard InChI is InChI=1S/C33H33N3O15/c1-13-4-16(25(40)22(37)7-13)28(43)34-19-10-49-32(47)21(36-30(45)18-6-15(3)9-24(39)27(18)42)12-51-33(48)20(11-50-31(19)46)35-29(44)17-5-14(2)8-23(38)26(17)41/h4-9,19-21,37-42H,10-12H2,1-3H3,(H,34,43)(H,35,44)(H,36,45). The second-order valence-corrected chi connectivity index (χ2v) is 11.5. The first kappa shape index (κ1) is 37.1. The number of hydrogen-bond acceptors (Lipinski definition) is 15. The van der Waals surface area contributed by atoms with Gasteiger partial charge in [0.25, 0.3) is 17.7 Å². The summed E-state index contributed by atoms with van der Waals surface area (Å²) < 4.78 is 15.5. The highest BCUT2D eigenvalue weighted by Gasteiger charge is 2.35. The molecule has 0 saturated carbocycles. The molecule has 1 fully saturated rings. The molecule has 1 aliphatic rings. The van der Waals surface area contributed by atoms with Crippen molar-refractivity contribution < 1.29 is 73.6 Å². The van der Waals surface area contributed by atoms with E-state index in [1.165, 1.54) is 39.0 Å². The molecular formula is C33H33N3O15. The maximum Gasteiger partial charge on any atom is 0.332 e. The van der Waals surface area contributed by atoms with Crippen LogP contribution in [-0.4, -0.2) is 104 Å². The first-order chi connectivity index (χ1) is 24.0. The van der Waals surface area contributed by atoms with Gasteiger partial charge in [-0.2, -0.15) is 0 Å². The monoisotopic (exact) mass is 711 g/mol. The SMILES string of the molecule is Cc1cc(O)c(O)c(C(=O)NC2COC(=O)C(NC(=O)c3cc(C)cc(O)c3O)COC(=O)C(NC(=O)c3cc(C)cc(O)c3O)COC2=O)c1. The maximum atomic E-state index is 13.2. The normalized spacial score (nSPS) is 18.2. The van der Waals surface area contributed by atoms with Gasteiger partial charge in [0.2, 0.25) is 0 Å². The minimum atomic E-state index is -1.85. The van der Waals surface area contributed by atoms with E-state index in [4.69, 9.17) is 14.2 Å². The third-order valence-corrected chi connectivity index (χ3v) is 7.38. The first-order valence-corrected chi connectivity index (χ1v) is 15.0. The van der Waals surface area contributed by atoms with Crippen molar-refractivity contribution >= 4 is 35.6 Å². The highest BCUT2D eigenvalue weighted by Crippen LogP contribution is 2.32. The van der Waals surface area contributed by atoms with Crippen LogP contribution in [0.25, 0.3) is 0 Å². The minimum absolute atomic E-state index is 0.347. The lowest BCUT2D eigenvalue weighted by Crippen LogP contribution is -2.52. The Morgan fingerprint density at radius 1 is 0.490 bits per heavy atom. The van der Waals surface area contributed by atoms with Crippen LogP contribution in [0, 0.1) is 20.8 Å². The summed E-state index contributed by atoms with van der Waals surface area (Å²) in [7, 11) is 0. The minimum Gasteiger partial charge on any atom is -0.504 e. The Morgan fingerprint density at radius 3 is 0.961 bits per heavy atom. The average molecular weight is 712 g/mol. The molecule has 9 N–H and O–H groups in total. The highest BCUT2D eigenvalue weighted by atomic mass is 16.6. The largest absolute Gasteiger partial charge is 0.504 e. The molecule has 0 aliphatic carbocycles. The van der Waals surface area contributed by atoms with E-state index < -0.39 is 125 Å². The lowest BCUT2D eigenvalue weighted by Gasteiger charge is -2.25. The number of phenols is 6. The molecule has 0 spiro atoms. The molecule has 0 bridgehead atoms. The third-order valence-electron chi connectivity index (χ3n) is 7.38. The summed E-state index contributed by atoms with van der Waals surface area (Å²) in [5.41, 5.74) is -0.378. The Bertz CT molecular complexity index is 1710. The van der Waals surface area contributed by atoms with Crippen LogP contribution in [-0.2, 0) is 28.6 Å². The second kappa shape index (κ2) is 15.2. The molecule has 4 rings (SSSR count). The van der Waals surface area contributed by atoms with Gasteiger partial charge in [0.15, 0.2) is 52.6 Å². The summed E-state index contributed by atoms with van der Waals surface area (Å²) in [5, 5.41) is 67.1. The predicted octanol–water partition coefficient (Wildman–Crippen LogP) is 0.184. The van der Waals surface area contributed by atoms with Gasteiger partial charge in [-0.05, 0) is 73.9 Å². The molecule has 51 heavy (non-hydrogen) atoms. The van der Waals surface area contributed by atoms with E-state index >= 15 is 0 Å². The van der Waals surface area contributed by atoms with E-state index in [1.807, 2.05) is 0 Å². The Labute approximate surface area is 288 Å². The first-order valence-electron chi connectivity index (χ1n) is 15.0. The van der Waals surface area contributed by atoms with Crippen LogP contribution in [0.1, 0.15) is 47.8 Å². The number of ether oxygens (including phenoxy) is 3. The molecule has 0 aromatic heterocycles. The van der Waals surface area contributed by atoms with Gasteiger partial charge in [-0.1, -0.05) is 0 Å². The number of carbonyl (C=O) groups is 6. The lowest BCUT2D eigenvalue weighted by atomic mass is 10.1. The molecule has 18 nitrogen and oxygen atoms in total. The maximum absolute atomic E-state index is 13.2. The van der Waals surface area contributed by atoms with Gasteiger partial charge in [-0.3, -0.25) is 14.4 Å². The van der Waals surface area contributed by atoms with Crippen LogP contribution in [0.3, 0.4) is 0 Å². The molecule has 0 radical (unpaired) electrons. The van der Waals surface area contributed by atoms with Crippen molar-refractivity contribution in [3.63, 3.8) is 0 Å². The van der Waals surface area contributed by atoms with Gasteiger partial charge in [0.1, 0.15) is 19.8 Å². The molecule has 1 saturated heterocycles. The highest BCUT2D eigenvalue weighted by molar-refractivity contribution is 6.02. The van der Waals surface area contributed by atoms with E-state index in [2.05, 4.69) is 16.0 Å². The zero-order chi connectivity index (χ0) is 37.7. The molecule has 3 atom stereocenters. The van der Waals surface area contributed by atoms with Gasteiger partial charge < -0.3 is 60.8 Å². The molecule has 3 aromatic carbocycles. The number of aromatic hydroxyl groups is 6. The zero-order valence-electron chi connectivity index (χ0n) is 27.2. The molecule has 270 valence electrons. The summed E-state index contributed by atoms with van der Waals surface area (Å²) in [6, 6.07) is 1.50.